The SMILES string of the molecule is c1ccc2c(c1)nc(-c1ccc(-c3ccc(-n4c5ccccc5c5ccccc54)cc3)cc1)n1c3ccccc3nc21. The van der Waals surface area contributed by atoms with Gasteiger partial charge < -0.3 is 4.57 Å². The molecule has 0 saturated carbocycles. The Morgan fingerprint density at radius 3 is 1.55 bits per heavy atom. The normalized spacial score (nSPS) is 11.8. The summed E-state index contributed by atoms with van der Waals surface area (Å²) in [6.07, 6.45) is 0. The van der Waals surface area contributed by atoms with E-state index in [1.54, 1.807) is 0 Å². The van der Waals surface area contributed by atoms with E-state index in [4.69, 9.17) is 9.97 Å². The smallest absolute Gasteiger partial charge is 0.149 e. The van der Waals surface area contributed by atoms with Gasteiger partial charge in [-0.1, -0.05) is 97.1 Å². The number of hydrogen-bond acceptors (Lipinski definition) is 2. The van der Waals surface area contributed by atoms with E-state index >= 15 is 0 Å². The van der Waals surface area contributed by atoms with Gasteiger partial charge in [0.1, 0.15) is 11.5 Å². The van der Waals surface area contributed by atoms with Crippen LogP contribution in [0.15, 0.2) is 146 Å². The first-order chi connectivity index (χ1) is 20.8. The van der Waals surface area contributed by atoms with Gasteiger partial charge >= 0.3 is 0 Å². The molecular formula is C38H24N4. The first kappa shape index (κ1) is 23.0. The first-order valence-corrected chi connectivity index (χ1v) is 14.2. The van der Waals surface area contributed by atoms with Crippen molar-refractivity contribution in [2.24, 2.45) is 0 Å². The number of fused-ring (bicyclic) bond motifs is 8. The summed E-state index contributed by atoms with van der Waals surface area (Å²) in [5.74, 6) is 0.894. The summed E-state index contributed by atoms with van der Waals surface area (Å²) in [7, 11) is 0. The van der Waals surface area contributed by atoms with Crippen molar-refractivity contribution in [3.8, 4) is 28.2 Å². The summed E-state index contributed by atoms with van der Waals surface area (Å²) in [5.41, 5.74) is 10.9. The second-order valence-corrected chi connectivity index (χ2v) is 10.7. The fourth-order valence-electron chi connectivity index (χ4n) is 6.35. The number of benzene rings is 6. The van der Waals surface area contributed by atoms with Gasteiger partial charge in [-0.2, -0.15) is 0 Å². The molecule has 9 aromatic rings. The van der Waals surface area contributed by atoms with Crippen LogP contribution >= 0.6 is 0 Å². The Kier molecular flexibility index (Phi) is 4.87. The molecule has 0 radical (unpaired) electrons. The zero-order chi connectivity index (χ0) is 27.6. The molecule has 0 spiro atoms. The van der Waals surface area contributed by atoms with Crippen LogP contribution in [0.3, 0.4) is 0 Å². The summed E-state index contributed by atoms with van der Waals surface area (Å²) >= 11 is 0. The van der Waals surface area contributed by atoms with E-state index < -0.39 is 0 Å². The van der Waals surface area contributed by atoms with Crippen LogP contribution in [0.1, 0.15) is 0 Å². The second-order valence-electron chi connectivity index (χ2n) is 10.7. The van der Waals surface area contributed by atoms with Gasteiger partial charge in [0.25, 0.3) is 0 Å². The van der Waals surface area contributed by atoms with Gasteiger partial charge in [0, 0.05) is 27.4 Å². The topological polar surface area (TPSA) is 35.1 Å². The average molecular weight is 537 g/mol. The van der Waals surface area contributed by atoms with E-state index in [2.05, 4.69) is 136 Å². The highest BCUT2D eigenvalue weighted by atomic mass is 15.1. The minimum Gasteiger partial charge on any atom is -0.309 e. The van der Waals surface area contributed by atoms with E-state index in [1.807, 2.05) is 18.2 Å². The van der Waals surface area contributed by atoms with Gasteiger partial charge in [0.2, 0.25) is 0 Å². The van der Waals surface area contributed by atoms with Crippen molar-refractivity contribution >= 4 is 49.4 Å². The highest BCUT2D eigenvalue weighted by Gasteiger charge is 2.15. The van der Waals surface area contributed by atoms with Crippen molar-refractivity contribution in [1.29, 1.82) is 0 Å². The van der Waals surface area contributed by atoms with Crippen LogP contribution in [-0.4, -0.2) is 18.9 Å². The predicted molar refractivity (Wildman–Crippen MR) is 173 cm³/mol. The molecule has 3 heterocycles. The van der Waals surface area contributed by atoms with Crippen molar-refractivity contribution in [3.05, 3.63) is 146 Å². The van der Waals surface area contributed by atoms with Crippen LogP contribution < -0.4 is 0 Å². The number of imidazole rings is 1. The second kappa shape index (κ2) is 8.88. The lowest BCUT2D eigenvalue weighted by Crippen LogP contribution is -1.98. The molecule has 4 nitrogen and oxygen atoms in total. The minimum absolute atomic E-state index is 0.894. The van der Waals surface area contributed by atoms with Crippen molar-refractivity contribution < 1.29 is 0 Å². The zero-order valence-corrected chi connectivity index (χ0v) is 22.6. The molecule has 0 unspecified atom stereocenters. The molecule has 0 aliphatic rings. The quantitative estimate of drug-likeness (QED) is 0.225. The Morgan fingerprint density at radius 2 is 0.881 bits per heavy atom. The zero-order valence-electron chi connectivity index (χ0n) is 22.6. The van der Waals surface area contributed by atoms with Crippen LogP contribution in [0.2, 0.25) is 0 Å². The third-order valence-electron chi connectivity index (χ3n) is 8.33. The number of para-hydroxylation sites is 5. The van der Waals surface area contributed by atoms with E-state index in [1.165, 1.54) is 32.9 Å². The predicted octanol–water partition coefficient (Wildman–Crippen LogP) is 9.47. The average Bonchev–Trinajstić information content (AvgIpc) is 3.61. The molecule has 196 valence electrons. The Morgan fingerprint density at radius 1 is 0.381 bits per heavy atom. The van der Waals surface area contributed by atoms with Crippen molar-refractivity contribution in [2.45, 2.75) is 0 Å². The Balaban J connectivity index is 1.14. The third-order valence-corrected chi connectivity index (χ3v) is 8.33. The van der Waals surface area contributed by atoms with E-state index in [9.17, 15) is 0 Å². The largest absolute Gasteiger partial charge is 0.309 e. The lowest BCUT2D eigenvalue weighted by molar-refractivity contribution is 1.16. The number of rotatable bonds is 3. The molecule has 9 rings (SSSR count). The van der Waals surface area contributed by atoms with E-state index in [-0.39, 0.29) is 0 Å². The van der Waals surface area contributed by atoms with Crippen LogP contribution in [0.25, 0.3) is 77.6 Å². The highest BCUT2D eigenvalue weighted by molar-refractivity contribution is 6.09. The lowest BCUT2D eigenvalue weighted by Gasteiger charge is -2.11. The Bertz CT molecular complexity index is 2390. The molecule has 0 fully saturated rings. The van der Waals surface area contributed by atoms with Crippen molar-refractivity contribution in [1.82, 2.24) is 18.9 Å². The Hall–Kier alpha value is -5.74. The molecule has 0 N–H and O–H groups in total. The molecule has 0 atom stereocenters. The number of aromatic nitrogens is 4. The maximum atomic E-state index is 5.11. The summed E-state index contributed by atoms with van der Waals surface area (Å²) in [4.78, 5) is 10.1. The fourth-order valence-corrected chi connectivity index (χ4v) is 6.35. The van der Waals surface area contributed by atoms with Crippen molar-refractivity contribution in [2.75, 3.05) is 0 Å². The molecule has 0 bridgehead atoms. The Labute approximate surface area is 241 Å². The summed E-state index contributed by atoms with van der Waals surface area (Å²) in [6, 6.07) is 51.3. The van der Waals surface area contributed by atoms with Gasteiger partial charge in [0.05, 0.1) is 27.6 Å². The van der Waals surface area contributed by atoms with Crippen LogP contribution in [-0.2, 0) is 0 Å². The number of nitrogens with zero attached hydrogens (tertiary/aromatic N) is 4. The monoisotopic (exact) mass is 536 g/mol. The molecule has 3 aromatic heterocycles. The molecule has 0 saturated heterocycles. The molecule has 0 amide bonds. The minimum atomic E-state index is 0.894. The number of hydrogen-bond donors (Lipinski definition) is 0. The van der Waals surface area contributed by atoms with Gasteiger partial charge in [0.15, 0.2) is 0 Å². The summed E-state index contributed by atoms with van der Waals surface area (Å²) < 4.78 is 4.54. The van der Waals surface area contributed by atoms with Crippen LogP contribution in [0.4, 0.5) is 0 Å². The van der Waals surface area contributed by atoms with Gasteiger partial charge in [-0.3, -0.25) is 4.40 Å². The standard InChI is InChI=1S/C38H24N4/c1-4-12-32-31(11-1)38-40-33-13-5-8-16-36(33)42(38)37(39-32)27-19-17-25(18-20-27)26-21-23-28(24-22-26)41-34-14-6-2-9-29(34)30-10-3-7-15-35(30)41/h1-24H. The molecule has 42 heavy (non-hydrogen) atoms. The molecular weight excluding hydrogens is 512 g/mol. The van der Waals surface area contributed by atoms with Gasteiger partial charge in [-0.15, -0.1) is 0 Å². The summed E-state index contributed by atoms with van der Waals surface area (Å²) in [5, 5.41) is 3.60. The maximum Gasteiger partial charge on any atom is 0.149 e. The molecule has 4 heteroatoms. The van der Waals surface area contributed by atoms with Crippen LogP contribution in [0.5, 0.6) is 0 Å². The molecule has 0 aliphatic heterocycles. The maximum absolute atomic E-state index is 5.11. The molecule has 6 aromatic carbocycles. The van der Waals surface area contributed by atoms with Crippen molar-refractivity contribution in [3.63, 3.8) is 0 Å². The van der Waals surface area contributed by atoms with E-state index in [0.717, 1.165) is 44.7 Å². The van der Waals surface area contributed by atoms with Gasteiger partial charge in [-0.25, -0.2) is 9.97 Å². The highest BCUT2D eigenvalue weighted by Crippen LogP contribution is 2.34. The van der Waals surface area contributed by atoms with Crippen LogP contribution in [0, 0.1) is 0 Å². The van der Waals surface area contributed by atoms with Gasteiger partial charge in [-0.05, 0) is 59.7 Å². The lowest BCUT2D eigenvalue weighted by atomic mass is 10.0. The first-order valence-electron chi connectivity index (χ1n) is 14.2. The summed E-state index contributed by atoms with van der Waals surface area (Å²) in [6.45, 7) is 0. The fraction of sp³-hybridized carbons (Fsp3) is 0. The van der Waals surface area contributed by atoms with E-state index in [0.29, 0.717) is 0 Å². The molecule has 0 aliphatic carbocycles. The third kappa shape index (κ3) is 3.36.